The van der Waals surface area contributed by atoms with E-state index in [2.05, 4.69) is 15.5 Å². The number of hydrogen-bond acceptors (Lipinski definition) is 7. The van der Waals surface area contributed by atoms with E-state index < -0.39 is 0 Å². The van der Waals surface area contributed by atoms with Gasteiger partial charge in [0.15, 0.2) is 0 Å². The molecule has 2 aliphatic rings. The number of morpholine rings is 1. The van der Waals surface area contributed by atoms with E-state index in [1.165, 1.54) is 0 Å². The first-order valence-corrected chi connectivity index (χ1v) is 11.4. The average molecular weight is 449 g/mol. The molecule has 3 atom stereocenters. The van der Waals surface area contributed by atoms with Crippen molar-refractivity contribution in [2.24, 2.45) is 5.92 Å². The summed E-state index contributed by atoms with van der Waals surface area (Å²) in [5, 5.41) is 15.8. The second-order valence-corrected chi connectivity index (χ2v) is 8.64. The lowest BCUT2D eigenvalue weighted by Crippen LogP contribution is -2.49. The molecule has 0 saturated carbocycles. The molecule has 0 aromatic heterocycles. The number of aliphatic hydroxyl groups excluding tert-OH is 1. The number of fused-ring (bicyclic) bond motifs is 1. The van der Waals surface area contributed by atoms with E-state index in [9.17, 15) is 14.7 Å². The van der Waals surface area contributed by atoms with Crippen LogP contribution in [0.15, 0.2) is 18.2 Å². The Hall–Kier alpha value is -2.20. The molecule has 0 aliphatic carbocycles. The number of likely N-dealkylation sites (N-methyl/N-ethyl adjacent to an activating group) is 1. The second-order valence-electron chi connectivity index (χ2n) is 8.64. The number of carbonyl (C=O) groups excluding carboxylic acids is 2. The van der Waals surface area contributed by atoms with Gasteiger partial charge in [-0.1, -0.05) is 6.92 Å². The summed E-state index contributed by atoms with van der Waals surface area (Å²) in [5.41, 5.74) is 0.951. The summed E-state index contributed by atoms with van der Waals surface area (Å²) in [6.45, 7) is 8.61. The molecule has 9 nitrogen and oxygen atoms in total. The molecular formula is C23H36N4O5. The Morgan fingerprint density at radius 1 is 1.31 bits per heavy atom. The van der Waals surface area contributed by atoms with Crippen molar-refractivity contribution in [1.29, 1.82) is 0 Å². The molecule has 3 N–H and O–H groups in total. The number of ether oxygens (including phenoxy) is 2. The van der Waals surface area contributed by atoms with Gasteiger partial charge < -0.3 is 30.1 Å². The molecule has 9 heteroatoms. The van der Waals surface area contributed by atoms with Crippen LogP contribution in [0.2, 0.25) is 0 Å². The quantitative estimate of drug-likeness (QED) is 0.540. The van der Waals surface area contributed by atoms with E-state index in [4.69, 9.17) is 9.47 Å². The SMILES string of the molecule is CNC[C@@H]1Oc2ccc(NC(=O)CCN3CCOCC3)cc2C(=O)N([C@H](C)CO)C[C@@H]1C. The summed E-state index contributed by atoms with van der Waals surface area (Å²) in [4.78, 5) is 29.7. The Kier molecular flexibility index (Phi) is 8.86. The Morgan fingerprint density at radius 3 is 2.75 bits per heavy atom. The molecule has 1 aromatic rings. The fourth-order valence-corrected chi connectivity index (χ4v) is 4.05. The molecule has 2 heterocycles. The van der Waals surface area contributed by atoms with Crippen molar-refractivity contribution >= 4 is 17.5 Å². The summed E-state index contributed by atoms with van der Waals surface area (Å²) < 4.78 is 11.5. The minimum absolute atomic E-state index is 0.0770. The second kappa shape index (κ2) is 11.6. The molecule has 0 radical (unpaired) electrons. The molecule has 2 amide bonds. The highest BCUT2D eigenvalue weighted by atomic mass is 16.5. The van der Waals surface area contributed by atoms with Crippen LogP contribution in [-0.4, -0.2) is 98.5 Å². The van der Waals surface area contributed by atoms with E-state index in [1.807, 2.05) is 20.9 Å². The minimum Gasteiger partial charge on any atom is -0.488 e. The maximum atomic E-state index is 13.4. The fraction of sp³-hybridized carbons (Fsp3) is 0.652. The van der Waals surface area contributed by atoms with Crippen LogP contribution in [0.25, 0.3) is 0 Å². The third-order valence-corrected chi connectivity index (χ3v) is 6.11. The lowest BCUT2D eigenvalue weighted by molar-refractivity contribution is -0.116. The Morgan fingerprint density at radius 2 is 2.06 bits per heavy atom. The van der Waals surface area contributed by atoms with Crippen molar-refractivity contribution < 1.29 is 24.2 Å². The summed E-state index contributed by atoms with van der Waals surface area (Å²) in [6, 6.07) is 4.86. The van der Waals surface area contributed by atoms with Crippen LogP contribution < -0.4 is 15.4 Å². The van der Waals surface area contributed by atoms with Crippen LogP contribution in [0.3, 0.4) is 0 Å². The van der Waals surface area contributed by atoms with Crippen LogP contribution in [0.1, 0.15) is 30.6 Å². The van der Waals surface area contributed by atoms with Gasteiger partial charge in [-0.15, -0.1) is 0 Å². The highest BCUT2D eigenvalue weighted by molar-refractivity contribution is 5.99. The lowest BCUT2D eigenvalue weighted by Gasteiger charge is -2.37. The zero-order valence-corrected chi connectivity index (χ0v) is 19.3. The van der Waals surface area contributed by atoms with Crippen molar-refractivity contribution in [3.05, 3.63) is 23.8 Å². The number of anilines is 1. The molecule has 0 bridgehead atoms. The van der Waals surface area contributed by atoms with Crippen LogP contribution in [-0.2, 0) is 9.53 Å². The minimum atomic E-state index is -0.321. The van der Waals surface area contributed by atoms with E-state index >= 15 is 0 Å². The average Bonchev–Trinajstić information content (AvgIpc) is 2.80. The highest BCUT2D eigenvalue weighted by Crippen LogP contribution is 2.30. The van der Waals surface area contributed by atoms with Crippen LogP contribution in [0.4, 0.5) is 5.69 Å². The summed E-state index contributed by atoms with van der Waals surface area (Å²) in [6.07, 6.45) is 0.242. The largest absolute Gasteiger partial charge is 0.488 e. The van der Waals surface area contributed by atoms with Gasteiger partial charge in [-0.25, -0.2) is 0 Å². The first-order chi connectivity index (χ1) is 15.4. The van der Waals surface area contributed by atoms with E-state index in [0.717, 1.165) is 13.1 Å². The molecule has 178 valence electrons. The van der Waals surface area contributed by atoms with Gasteiger partial charge in [-0.05, 0) is 32.2 Å². The van der Waals surface area contributed by atoms with Crippen LogP contribution in [0.5, 0.6) is 5.75 Å². The zero-order chi connectivity index (χ0) is 23.1. The maximum absolute atomic E-state index is 13.4. The van der Waals surface area contributed by atoms with Gasteiger partial charge >= 0.3 is 0 Å². The lowest BCUT2D eigenvalue weighted by atomic mass is 9.99. The molecule has 1 saturated heterocycles. The van der Waals surface area contributed by atoms with Gasteiger partial charge in [-0.2, -0.15) is 0 Å². The van der Waals surface area contributed by atoms with Crippen LogP contribution >= 0.6 is 0 Å². The number of rotatable bonds is 8. The van der Waals surface area contributed by atoms with E-state index in [1.54, 1.807) is 23.1 Å². The van der Waals surface area contributed by atoms with Gasteiger partial charge in [0.05, 0.1) is 31.4 Å². The van der Waals surface area contributed by atoms with Gasteiger partial charge in [0.25, 0.3) is 5.91 Å². The first-order valence-electron chi connectivity index (χ1n) is 11.4. The van der Waals surface area contributed by atoms with Crippen molar-refractivity contribution in [2.45, 2.75) is 32.4 Å². The number of hydrogen-bond donors (Lipinski definition) is 3. The molecule has 1 aromatic carbocycles. The third-order valence-electron chi connectivity index (χ3n) is 6.11. The monoisotopic (exact) mass is 448 g/mol. The zero-order valence-electron chi connectivity index (χ0n) is 19.3. The van der Waals surface area contributed by atoms with Crippen molar-refractivity contribution in [1.82, 2.24) is 15.1 Å². The van der Waals surface area contributed by atoms with Crippen molar-refractivity contribution in [3.8, 4) is 5.75 Å². The number of carbonyl (C=O) groups is 2. The number of amides is 2. The molecular weight excluding hydrogens is 412 g/mol. The smallest absolute Gasteiger partial charge is 0.258 e. The first kappa shape index (κ1) is 24.4. The normalized spacial score (nSPS) is 23.0. The van der Waals surface area contributed by atoms with Gasteiger partial charge in [-0.3, -0.25) is 14.5 Å². The Labute approximate surface area is 190 Å². The molecule has 2 aliphatic heterocycles. The van der Waals surface area contributed by atoms with Crippen molar-refractivity contribution in [2.75, 3.05) is 64.9 Å². The molecule has 32 heavy (non-hydrogen) atoms. The third kappa shape index (κ3) is 6.19. The topological polar surface area (TPSA) is 103 Å². The number of nitrogens with zero attached hydrogens (tertiary/aromatic N) is 2. The molecule has 1 fully saturated rings. The van der Waals surface area contributed by atoms with E-state index in [0.29, 0.717) is 56.3 Å². The summed E-state index contributed by atoms with van der Waals surface area (Å²) in [7, 11) is 1.87. The number of benzene rings is 1. The predicted octanol–water partition coefficient (Wildman–Crippen LogP) is 0.787. The molecule has 3 rings (SSSR count). The van der Waals surface area contributed by atoms with Gasteiger partial charge in [0.1, 0.15) is 11.9 Å². The van der Waals surface area contributed by atoms with Gasteiger partial charge in [0, 0.05) is 50.7 Å². The summed E-state index contributed by atoms with van der Waals surface area (Å²) >= 11 is 0. The predicted molar refractivity (Wildman–Crippen MR) is 122 cm³/mol. The van der Waals surface area contributed by atoms with E-state index in [-0.39, 0.29) is 36.5 Å². The van der Waals surface area contributed by atoms with Crippen molar-refractivity contribution in [3.63, 3.8) is 0 Å². The summed E-state index contributed by atoms with van der Waals surface area (Å²) in [5.74, 6) is 0.259. The standard InChI is InChI=1S/C23H36N4O5/c1-16-14-27(17(2)15-28)23(30)19-12-18(4-5-20(19)32-21(16)13-24-3)25-22(29)6-7-26-8-10-31-11-9-26/h4-5,12,16-17,21,24,28H,6-11,13-15H2,1-3H3,(H,25,29)/t16-,17+,21-/m0/s1. The Bertz CT molecular complexity index is 784. The number of nitrogens with one attached hydrogen (secondary N) is 2. The Balaban J connectivity index is 1.76. The van der Waals surface area contributed by atoms with Gasteiger partial charge in [0.2, 0.25) is 5.91 Å². The maximum Gasteiger partial charge on any atom is 0.258 e. The highest BCUT2D eigenvalue weighted by Gasteiger charge is 2.32. The molecule has 0 spiro atoms. The molecule has 0 unspecified atom stereocenters. The van der Waals surface area contributed by atoms with Crippen LogP contribution in [0, 0.1) is 5.92 Å². The fourth-order valence-electron chi connectivity index (χ4n) is 4.05. The number of aliphatic hydroxyl groups is 1.